The number of ether oxygens (including phenoxy) is 1. The van der Waals surface area contributed by atoms with Crippen LogP contribution in [0.5, 0.6) is 5.75 Å². The summed E-state index contributed by atoms with van der Waals surface area (Å²) < 4.78 is 7.77. The number of carbonyl (C=O) groups is 1. The van der Waals surface area contributed by atoms with Crippen LogP contribution in [0, 0.1) is 0 Å². The molecule has 0 unspecified atom stereocenters. The van der Waals surface area contributed by atoms with E-state index in [0.717, 1.165) is 28.8 Å². The van der Waals surface area contributed by atoms with Gasteiger partial charge in [-0.1, -0.05) is 31.2 Å². The molecule has 146 valence electrons. The van der Waals surface area contributed by atoms with Crippen molar-refractivity contribution in [3.05, 3.63) is 84.4 Å². The molecule has 2 heterocycles. The topological polar surface area (TPSA) is 69.0 Å². The zero-order valence-electron chi connectivity index (χ0n) is 16.2. The number of nitrogens with zero attached hydrogens (tertiary/aromatic N) is 3. The highest BCUT2D eigenvalue weighted by molar-refractivity contribution is 5.92. The lowest BCUT2D eigenvalue weighted by Gasteiger charge is -2.11. The fourth-order valence-corrected chi connectivity index (χ4v) is 3.23. The molecule has 0 radical (unpaired) electrons. The number of pyridine rings is 1. The van der Waals surface area contributed by atoms with Crippen LogP contribution >= 0.6 is 0 Å². The van der Waals surface area contributed by atoms with Gasteiger partial charge in [0, 0.05) is 36.1 Å². The lowest BCUT2D eigenvalue weighted by atomic mass is 10.3. The van der Waals surface area contributed by atoms with E-state index in [1.54, 1.807) is 12.4 Å². The molecule has 0 atom stereocenters. The number of rotatable bonds is 7. The van der Waals surface area contributed by atoms with Gasteiger partial charge in [-0.05, 0) is 30.3 Å². The second-order valence-electron chi connectivity index (χ2n) is 6.68. The fourth-order valence-electron chi connectivity index (χ4n) is 3.23. The second-order valence-corrected chi connectivity index (χ2v) is 6.68. The number of amides is 1. The van der Waals surface area contributed by atoms with E-state index in [1.807, 2.05) is 72.2 Å². The van der Waals surface area contributed by atoms with Crippen LogP contribution in [0.2, 0.25) is 0 Å². The van der Waals surface area contributed by atoms with Gasteiger partial charge in [-0.2, -0.15) is 0 Å². The van der Waals surface area contributed by atoms with E-state index in [2.05, 4.69) is 15.3 Å². The van der Waals surface area contributed by atoms with E-state index in [0.29, 0.717) is 18.0 Å². The molecule has 6 nitrogen and oxygen atoms in total. The van der Waals surface area contributed by atoms with Crippen LogP contribution in [0.15, 0.2) is 73.1 Å². The van der Waals surface area contributed by atoms with Crippen LogP contribution < -0.4 is 10.1 Å². The van der Waals surface area contributed by atoms with Gasteiger partial charge in [0.2, 0.25) is 5.91 Å². The first-order valence-corrected chi connectivity index (χ1v) is 9.58. The highest BCUT2D eigenvalue weighted by atomic mass is 16.5. The molecule has 0 bridgehead atoms. The Bertz CT molecular complexity index is 1120. The average Bonchev–Trinajstić information content (AvgIpc) is 3.11. The molecule has 6 heteroatoms. The maximum Gasteiger partial charge on any atom is 0.244 e. The number of hydrogen-bond donors (Lipinski definition) is 1. The lowest BCUT2D eigenvalue weighted by molar-refractivity contribution is -0.116. The maximum absolute atomic E-state index is 12.7. The quantitative estimate of drug-likeness (QED) is 0.517. The third-order valence-electron chi connectivity index (χ3n) is 4.60. The smallest absolute Gasteiger partial charge is 0.244 e. The van der Waals surface area contributed by atoms with Crippen LogP contribution in [-0.4, -0.2) is 20.4 Å². The van der Waals surface area contributed by atoms with Gasteiger partial charge in [-0.3, -0.25) is 9.78 Å². The minimum Gasteiger partial charge on any atom is -0.489 e. The first-order chi connectivity index (χ1) is 14.2. The summed E-state index contributed by atoms with van der Waals surface area (Å²) in [5.41, 5.74) is 3.55. The van der Waals surface area contributed by atoms with Crippen molar-refractivity contribution in [2.24, 2.45) is 0 Å². The Labute approximate surface area is 169 Å². The number of para-hydroxylation sites is 2. The number of hydrogen-bond acceptors (Lipinski definition) is 4. The summed E-state index contributed by atoms with van der Waals surface area (Å²) in [6, 6.07) is 19.1. The number of anilines is 1. The maximum atomic E-state index is 12.7. The normalized spacial score (nSPS) is 10.8. The van der Waals surface area contributed by atoms with Crippen molar-refractivity contribution in [2.45, 2.75) is 26.5 Å². The van der Waals surface area contributed by atoms with Crippen molar-refractivity contribution in [2.75, 3.05) is 5.32 Å². The van der Waals surface area contributed by atoms with Crippen molar-refractivity contribution in [3.8, 4) is 5.75 Å². The third kappa shape index (κ3) is 4.43. The van der Waals surface area contributed by atoms with Gasteiger partial charge in [0.1, 0.15) is 24.7 Å². The predicted molar refractivity (Wildman–Crippen MR) is 113 cm³/mol. The Morgan fingerprint density at radius 3 is 2.83 bits per heavy atom. The van der Waals surface area contributed by atoms with Gasteiger partial charge in [-0.25, -0.2) is 4.98 Å². The summed E-state index contributed by atoms with van der Waals surface area (Å²) >= 11 is 0. The first kappa shape index (κ1) is 18.7. The van der Waals surface area contributed by atoms with Gasteiger partial charge in [0.25, 0.3) is 0 Å². The van der Waals surface area contributed by atoms with E-state index in [1.165, 1.54) is 0 Å². The van der Waals surface area contributed by atoms with Gasteiger partial charge in [0.15, 0.2) is 0 Å². The Morgan fingerprint density at radius 1 is 1.10 bits per heavy atom. The molecule has 2 aromatic heterocycles. The average molecular weight is 386 g/mol. The van der Waals surface area contributed by atoms with Crippen molar-refractivity contribution in [1.29, 1.82) is 0 Å². The Morgan fingerprint density at radius 2 is 2.00 bits per heavy atom. The second kappa shape index (κ2) is 8.56. The molecule has 0 saturated carbocycles. The zero-order valence-corrected chi connectivity index (χ0v) is 16.2. The van der Waals surface area contributed by atoms with Crippen molar-refractivity contribution in [1.82, 2.24) is 14.5 Å². The summed E-state index contributed by atoms with van der Waals surface area (Å²) in [7, 11) is 0. The van der Waals surface area contributed by atoms with Gasteiger partial charge < -0.3 is 14.6 Å². The summed E-state index contributed by atoms with van der Waals surface area (Å²) in [6.45, 7) is 2.68. The van der Waals surface area contributed by atoms with Crippen LogP contribution in [0.3, 0.4) is 0 Å². The van der Waals surface area contributed by atoms with Crippen molar-refractivity contribution >= 4 is 22.6 Å². The molecule has 0 spiro atoms. The van der Waals surface area contributed by atoms with E-state index >= 15 is 0 Å². The minimum atomic E-state index is -0.104. The monoisotopic (exact) mass is 386 g/mol. The SMILES string of the molecule is CCc1nc2ccccc2n1CC(=O)Nc1cccc(OCc2cccnc2)c1. The fraction of sp³-hybridized carbons (Fsp3) is 0.174. The van der Waals surface area contributed by atoms with Crippen molar-refractivity contribution < 1.29 is 9.53 Å². The summed E-state index contributed by atoms with van der Waals surface area (Å²) in [4.78, 5) is 21.4. The Hall–Kier alpha value is -3.67. The standard InChI is InChI=1S/C23H22N4O2/c1-2-22-26-20-10-3-4-11-21(20)27(22)15-23(28)25-18-8-5-9-19(13-18)29-16-17-7-6-12-24-14-17/h3-14H,2,15-16H2,1H3,(H,25,28). The highest BCUT2D eigenvalue weighted by Gasteiger charge is 2.12. The lowest BCUT2D eigenvalue weighted by Crippen LogP contribution is -2.20. The number of benzene rings is 2. The van der Waals surface area contributed by atoms with Crippen LogP contribution in [0.4, 0.5) is 5.69 Å². The minimum absolute atomic E-state index is 0.104. The molecule has 0 saturated heterocycles. The van der Waals surface area contributed by atoms with E-state index in [9.17, 15) is 4.79 Å². The highest BCUT2D eigenvalue weighted by Crippen LogP contribution is 2.20. The number of nitrogens with one attached hydrogen (secondary N) is 1. The Balaban J connectivity index is 1.44. The molecule has 4 rings (SSSR count). The van der Waals surface area contributed by atoms with Crippen LogP contribution in [-0.2, 0) is 24.4 Å². The molecule has 0 aliphatic carbocycles. The van der Waals surface area contributed by atoms with E-state index in [-0.39, 0.29) is 12.5 Å². The number of imidazole rings is 1. The molecule has 0 fully saturated rings. The molecule has 0 aliphatic heterocycles. The molecule has 2 aromatic carbocycles. The first-order valence-electron chi connectivity index (χ1n) is 9.58. The van der Waals surface area contributed by atoms with Gasteiger partial charge in [0.05, 0.1) is 11.0 Å². The predicted octanol–water partition coefficient (Wildman–Crippen LogP) is 4.21. The third-order valence-corrected chi connectivity index (χ3v) is 4.60. The van der Waals surface area contributed by atoms with E-state index < -0.39 is 0 Å². The molecular formula is C23H22N4O2. The largest absolute Gasteiger partial charge is 0.489 e. The number of aromatic nitrogens is 3. The summed E-state index contributed by atoms with van der Waals surface area (Å²) in [5.74, 6) is 1.48. The molecular weight excluding hydrogens is 364 g/mol. The van der Waals surface area contributed by atoms with E-state index in [4.69, 9.17) is 4.74 Å². The molecule has 1 amide bonds. The number of aryl methyl sites for hydroxylation is 1. The number of carbonyl (C=O) groups excluding carboxylic acids is 1. The van der Waals surface area contributed by atoms with Crippen LogP contribution in [0.25, 0.3) is 11.0 Å². The molecule has 4 aromatic rings. The van der Waals surface area contributed by atoms with Crippen LogP contribution in [0.1, 0.15) is 18.3 Å². The molecule has 0 aliphatic rings. The van der Waals surface area contributed by atoms with Crippen molar-refractivity contribution in [3.63, 3.8) is 0 Å². The molecule has 29 heavy (non-hydrogen) atoms. The summed E-state index contributed by atoms with van der Waals surface area (Å²) in [6.07, 6.45) is 4.26. The molecule has 1 N–H and O–H groups in total. The van der Waals surface area contributed by atoms with Gasteiger partial charge >= 0.3 is 0 Å². The summed E-state index contributed by atoms with van der Waals surface area (Å²) in [5, 5.41) is 2.95. The Kier molecular flexibility index (Phi) is 5.52. The zero-order chi connectivity index (χ0) is 20.1. The van der Waals surface area contributed by atoms with Gasteiger partial charge in [-0.15, -0.1) is 0 Å². The number of fused-ring (bicyclic) bond motifs is 1.